The van der Waals surface area contributed by atoms with Gasteiger partial charge in [-0.15, -0.1) is 0 Å². The van der Waals surface area contributed by atoms with E-state index in [0.29, 0.717) is 32.5 Å². The number of carbonyl (C=O) groups excluding carboxylic acids is 1. The van der Waals surface area contributed by atoms with E-state index in [4.69, 9.17) is 9.16 Å². The van der Waals surface area contributed by atoms with Crippen molar-refractivity contribution in [1.82, 2.24) is 14.9 Å². The lowest BCUT2D eigenvalue weighted by Gasteiger charge is -2.47. The number of rotatable bonds is 7. The van der Waals surface area contributed by atoms with Crippen LogP contribution in [0.25, 0.3) is 0 Å². The van der Waals surface area contributed by atoms with Crippen LogP contribution >= 0.6 is 0 Å². The van der Waals surface area contributed by atoms with Crippen LogP contribution in [-0.2, 0) is 20.1 Å². The van der Waals surface area contributed by atoms with Gasteiger partial charge in [0.1, 0.15) is 6.10 Å². The van der Waals surface area contributed by atoms with Crippen LogP contribution in [0.2, 0.25) is 18.1 Å². The number of nitrogens with zero attached hydrogens (tertiary/aromatic N) is 4. The summed E-state index contributed by atoms with van der Waals surface area (Å²) in [5, 5.41) is 9.45. The zero-order valence-corrected chi connectivity index (χ0v) is 22.3. The molecule has 2 saturated heterocycles. The molecule has 35 heavy (non-hydrogen) atoms. The Hall–Kier alpha value is -1.76. The molecule has 2 aliphatic rings. The van der Waals surface area contributed by atoms with Gasteiger partial charge in [-0.2, -0.15) is 13.2 Å². The molecule has 1 aromatic heterocycles. The summed E-state index contributed by atoms with van der Waals surface area (Å²) >= 11 is 0. The molecular weight excluding hydrogens is 481 g/mol. The normalized spacial score (nSPS) is 25.3. The van der Waals surface area contributed by atoms with E-state index in [-0.39, 0.29) is 35.6 Å². The van der Waals surface area contributed by atoms with Crippen molar-refractivity contribution in [3.8, 4) is 0 Å². The maximum Gasteiger partial charge on any atom is 0.419 e. The van der Waals surface area contributed by atoms with Crippen LogP contribution < -0.4 is 4.90 Å². The van der Waals surface area contributed by atoms with E-state index in [1.165, 1.54) is 0 Å². The van der Waals surface area contributed by atoms with Gasteiger partial charge >= 0.3 is 6.18 Å². The van der Waals surface area contributed by atoms with Crippen molar-refractivity contribution in [2.24, 2.45) is 0 Å². The Morgan fingerprint density at radius 2 is 1.80 bits per heavy atom. The highest BCUT2D eigenvalue weighted by Crippen LogP contribution is 2.39. The zero-order chi connectivity index (χ0) is 26.2. The van der Waals surface area contributed by atoms with Crippen LogP contribution in [0.5, 0.6) is 0 Å². The van der Waals surface area contributed by atoms with Gasteiger partial charge in [0.15, 0.2) is 8.32 Å². The molecular formula is C23H37F3N4O4Si. The van der Waals surface area contributed by atoms with Crippen LogP contribution in [0, 0.1) is 0 Å². The molecule has 0 radical (unpaired) electrons. The fourth-order valence-corrected chi connectivity index (χ4v) is 5.50. The predicted molar refractivity (Wildman–Crippen MR) is 127 cm³/mol. The van der Waals surface area contributed by atoms with E-state index in [0.717, 1.165) is 12.4 Å². The van der Waals surface area contributed by atoms with Crippen molar-refractivity contribution in [3.05, 3.63) is 18.0 Å². The predicted octanol–water partition coefficient (Wildman–Crippen LogP) is 3.46. The summed E-state index contributed by atoms with van der Waals surface area (Å²) in [4.78, 5) is 24.7. The number of likely N-dealkylation sites (tertiary alicyclic amines) is 1. The van der Waals surface area contributed by atoms with Crippen molar-refractivity contribution >= 4 is 20.2 Å². The van der Waals surface area contributed by atoms with Crippen LogP contribution in [0.15, 0.2) is 12.4 Å². The van der Waals surface area contributed by atoms with Crippen LogP contribution in [-0.4, -0.2) is 84.8 Å². The van der Waals surface area contributed by atoms with Crippen molar-refractivity contribution in [2.75, 3.05) is 31.1 Å². The summed E-state index contributed by atoms with van der Waals surface area (Å²) in [6, 6.07) is -0.192. The average molecular weight is 519 g/mol. The summed E-state index contributed by atoms with van der Waals surface area (Å²) < 4.78 is 51.2. The van der Waals surface area contributed by atoms with Gasteiger partial charge in [0.25, 0.3) is 5.91 Å². The molecule has 2 aliphatic heterocycles. The molecule has 12 heteroatoms. The Morgan fingerprint density at radius 1 is 1.17 bits per heavy atom. The number of alkyl halides is 3. The molecule has 8 nitrogen and oxygen atoms in total. The number of carbonyl (C=O) groups is 1. The van der Waals surface area contributed by atoms with Gasteiger partial charge in [0.05, 0.1) is 30.4 Å². The Bertz CT molecular complexity index is 877. The molecule has 3 rings (SSSR count). The van der Waals surface area contributed by atoms with E-state index in [9.17, 15) is 23.1 Å². The minimum absolute atomic E-state index is 0.0669. The highest BCUT2D eigenvalue weighted by Gasteiger charge is 2.47. The van der Waals surface area contributed by atoms with E-state index < -0.39 is 32.3 Å². The number of aromatic nitrogens is 2. The molecule has 198 valence electrons. The second kappa shape index (κ2) is 10.3. The first-order valence-corrected chi connectivity index (χ1v) is 14.9. The molecule has 0 saturated carbocycles. The van der Waals surface area contributed by atoms with Crippen molar-refractivity contribution in [2.45, 2.75) is 89.2 Å². The molecule has 4 atom stereocenters. The number of aliphatic hydroxyl groups excluding tert-OH is 1. The smallest absolute Gasteiger partial charge is 0.410 e. The molecule has 1 N–H and O–H groups in total. The minimum Gasteiger partial charge on any atom is -0.410 e. The number of hydrogen-bond acceptors (Lipinski definition) is 7. The Morgan fingerprint density at radius 3 is 2.34 bits per heavy atom. The van der Waals surface area contributed by atoms with Crippen LogP contribution in [0.1, 0.15) is 46.1 Å². The second-order valence-electron chi connectivity index (χ2n) is 11.0. The largest absolute Gasteiger partial charge is 0.419 e. The summed E-state index contributed by atoms with van der Waals surface area (Å²) in [6.45, 7) is 13.8. The number of amides is 1. The molecule has 3 heterocycles. The molecule has 1 amide bonds. The second-order valence-corrected chi connectivity index (χ2v) is 15.7. The van der Waals surface area contributed by atoms with Crippen molar-refractivity contribution in [3.63, 3.8) is 0 Å². The Balaban J connectivity index is 1.81. The highest BCUT2D eigenvalue weighted by molar-refractivity contribution is 6.74. The third-order valence-corrected chi connectivity index (χ3v) is 11.7. The first kappa shape index (κ1) is 27.8. The van der Waals surface area contributed by atoms with Gasteiger partial charge in [-0.05, 0) is 31.5 Å². The number of anilines is 1. The maximum atomic E-state index is 13.1. The van der Waals surface area contributed by atoms with E-state index >= 15 is 0 Å². The number of piperidine rings is 1. The molecule has 1 aromatic rings. The van der Waals surface area contributed by atoms with E-state index in [1.54, 1.807) is 6.92 Å². The van der Waals surface area contributed by atoms with E-state index in [2.05, 4.69) is 43.8 Å². The van der Waals surface area contributed by atoms with E-state index in [1.807, 2.05) is 9.80 Å². The third kappa shape index (κ3) is 6.52. The lowest BCUT2D eigenvalue weighted by Crippen LogP contribution is -2.60. The third-order valence-electron chi connectivity index (χ3n) is 7.15. The molecule has 2 fully saturated rings. The topological polar surface area (TPSA) is 88.0 Å². The van der Waals surface area contributed by atoms with Crippen LogP contribution in [0.3, 0.4) is 0 Å². The van der Waals surface area contributed by atoms with Crippen molar-refractivity contribution < 1.29 is 32.2 Å². The lowest BCUT2D eigenvalue weighted by molar-refractivity contribution is -0.142. The molecule has 0 aliphatic carbocycles. The lowest BCUT2D eigenvalue weighted by atomic mass is 10.0. The fourth-order valence-electron chi connectivity index (χ4n) is 4.16. The molecule has 0 bridgehead atoms. The standard InChI is InChI=1S/C23H37F3N4O4Si/c1-15(31)14-33-18-8-10-30(20(18)32)17-7-9-29(13-19(17)34-35(5,6)22(2,3)4)21-27-11-16(12-28-21)23(24,25)26/h11-12,15,17-19,31H,7-10,13-14H2,1-6H3/t15-,17+,18?,19+/m0/s1. The average Bonchev–Trinajstić information content (AvgIpc) is 3.10. The SMILES string of the molecule is C[C@H](O)COC1CCN([C@@H]2CCN(c3ncc(C(F)(F)F)cn3)C[C@H]2O[Si](C)(C)C(C)(C)C)C1=O. The van der Waals surface area contributed by atoms with Crippen molar-refractivity contribution in [1.29, 1.82) is 0 Å². The Kier molecular flexibility index (Phi) is 8.19. The van der Waals surface area contributed by atoms with Gasteiger partial charge in [-0.25, -0.2) is 9.97 Å². The zero-order valence-electron chi connectivity index (χ0n) is 21.3. The first-order valence-electron chi connectivity index (χ1n) is 12.0. The van der Waals surface area contributed by atoms with Crippen LogP contribution in [0.4, 0.5) is 19.1 Å². The fraction of sp³-hybridized carbons (Fsp3) is 0.783. The van der Waals surface area contributed by atoms with Gasteiger partial charge < -0.3 is 24.1 Å². The quantitative estimate of drug-likeness (QED) is 0.553. The number of halogens is 3. The molecule has 1 unspecified atom stereocenters. The summed E-state index contributed by atoms with van der Waals surface area (Å²) in [7, 11) is -2.24. The summed E-state index contributed by atoms with van der Waals surface area (Å²) in [5.74, 6) is 0.102. The van der Waals surface area contributed by atoms with Gasteiger partial charge in [0.2, 0.25) is 5.95 Å². The first-order chi connectivity index (χ1) is 16.1. The van der Waals surface area contributed by atoms with Gasteiger partial charge in [-0.3, -0.25) is 4.79 Å². The number of aliphatic hydroxyl groups is 1. The number of ether oxygens (including phenoxy) is 1. The van der Waals surface area contributed by atoms with Gasteiger partial charge in [0, 0.05) is 38.4 Å². The monoisotopic (exact) mass is 518 g/mol. The summed E-state index contributed by atoms with van der Waals surface area (Å²) in [6.07, 6.45) is -3.39. The Labute approximate surface area is 205 Å². The maximum absolute atomic E-state index is 13.1. The molecule has 0 aromatic carbocycles. The molecule has 0 spiro atoms. The highest BCUT2D eigenvalue weighted by atomic mass is 28.4. The number of hydrogen-bond donors (Lipinski definition) is 1. The van der Waals surface area contributed by atoms with Gasteiger partial charge in [-0.1, -0.05) is 20.8 Å². The summed E-state index contributed by atoms with van der Waals surface area (Å²) in [5.41, 5.74) is -0.892. The minimum atomic E-state index is -4.50.